The zero-order chi connectivity index (χ0) is 28.7. The lowest BCUT2D eigenvalue weighted by Crippen LogP contribution is -2.49. The summed E-state index contributed by atoms with van der Waals surface area (Å²) < 4.78 is 72.6. The molecule has 3 amide bonds. The molecule has 8 nitrogen and oxygen atoms in total. The molecule has 0 saturated carbocycles. The van der Waals surface area contributed by atoms with Gasteiger partial charge in [-0.15, -0.1) is 0 Å². The molecule has 0 aliphatic carbocycles. The maximum absolute atomic E-state index is 13.9. The van der Waals surface area contributed by atoms with Crippen LogP contribution in [-0.2, 0) is 20.8 Å². The Bertz CT molecular complexity index is 1360. The maximum atomic E-state index is 13.9. The van der Waals surface area contributed by atoms with Crippen LogP contribution in [0.1, 0.15) is 18.4 Å². The number of halogens is 5. The fourth-order valence-corrected chi connectivity index (χ4v) is 3.88. The van der Waals surface area contributed by atoms with Crippen LogP contribution in [0.4, 0.5) is 22.0 Å². The van der Waals surface area contributed by atoms with E-state index in [-0.39, 0.29) is 6.42 Å². The molecule has 208 valence electrons. The topological polar surface area (TPSA) is 117 Å². The van der Waals surface area contributed by atoms with E-state index in [9.17, 15) is 36.3 Å². The van der Waals surface area contributed by atoms with Crippen LogP contribution in [-0.4, -0.2) is 42.6 Å². The number of hydrogen-bond acceptors (Lipinski definition) is 5. The van der Waals surface area contributed by atoms with Gasteiger partial charge in [-0.1, -0.05) is 42.5 Å². The van der Waals surface area contributed by atoms with Gasteiger partial charge in [-0.2, -0.15) is 8.78 Å². The number of hydrogen-bond donors (Lipinski definition) is 4. The van der Waals surface area contributed by atoms with Crippen molar-refractivity contribution in [1.29, 1.82) is 0 Å². The number of carbonyl (C=O) groups is 3. The standard InChI is InChI=1S/C26H24F5N3O5/c1-32-26(37)17(11-13-6-7-14-4-2-3-5-15(14)10-13)33-25(36)16(12-18(35)34-38)8-9-39-24-22(30)20(28)19(27)21(29)23(24)31/h2-7,10,16-17,38H,8-9,11-12H2,1H3,(H,32,37)(H,33,36)(H,34,35)/t16?,17-/m0/s1. The lowest BCUT2D eigenvalue weighted by Gasteiger charge is -2.22. The third kappa shape index (κ3) is 6.99. The molecule has 0 bridgehead atoms. The molecule has 2 atom stereocenters. The van der Waals surface area contributed by atoms with Crippen LogP contribution in [0.3, 0.4) is 0 Å². The highest BCUT2D eigenvalue weighted by Gasteiger charge is 2.30. The van der Waals surface area contributed by atoms with Crippen LogP contribution in [0.25, 0.3) is 10.8 Å². The number of nitrogens with one attached hydrogen (secondary N) is 3. The van der Waals surface area contributed by atoms with Gasteiger partial charge in [0.15, 0.2) is 5.75 Å². The summed E-state index contributed by atoms with van der Waals surface area (Å²) in [7, 11) is 1.36. The molecule has 0 radical (unpaired) electrons. The molecule has 0 fully saturated rings. The number of hydroxylamine groups is 1. The third-order valence-corrected chi connectivity index (χ3v) is 5.94. The first-order chi connectivity index (χ1) is 18.6. The zero-order valence-corrected chi connectivity index (χ0v) is 20.5. The van der Waals surface area contributed by atoms with E-state index in [1.165, 1.54) is 12.5 Å². The molecule has 13 heteroatoms. The van der Waals surface area contributed by atoms with Crippen LogP contribution >= 0.6 is 0 Å². The highest BCUT2D eigenvalue weighted by atomic mass is 19.2. The minimum Gasteiger partial charge on any atom is -0.487 e. The monoisotopic (exact) mass is 553 g/mol. The smallest absolute Gasteiger partial charge is 0.244 e. The summed E-state index contributed by atoms with van der Waals surface area (Å²) >= 11 is 0. The summed E-state index contributed by atoms with van der Waals surface area (Å²) in [5.74, 6) is -16.4. The van der Waals surface area contributed by atoms with Crippen LogP contribution in [0.2, 0.25) is 0 Å². The average Bonchev–Trinajstić information content (AvgIpc) is 2.95. The van der Waals surface area contributed by atoms with E-state index in [0.717, 1.165) is 10.8 Å². The molecule has 3 rings (SSSR count). The number of likely N-dealkylation sites (N-methyl/N-ethyl adjacent to an activating group) is 1. The lowest BCUT2D eigenvalue weighted by atomic mass is 9.97. The number of carbonyl (C=O) groups excluding carboxylic acids is 3. The number of ether oxygens (including phenoxy) is 1. The van der Waals surface area contributed by atoms with Gasteiger partial charge in [0.05, 0.1) is 6.61 Å². The predicted octanol–water partition coefficient (Wildman–Crippen LogP) is 3.29. The molecule has 4 N–H and O–H groups in total. The fourth-order valence-electron chi connectivity index (χ4n) is 3.88. The first-order valence-electron chi connectivity index (χ1n) is 11.6. The van der Waals surface area contributed by atoms with Gasteiger partial charge in [0.1, 0.15) is 6.04 Å². The molecule has 3 aromatic rings. The van der Waals surface area contributed by atoms with Gasteiger partial charge >= 0.3 is 0 Å². The van der Waals surface area contributed by atoms with Gasteiger partial charge in [0.2, 0.25) is 46.8 Å². The van der Waals surface area contributed by atoms with Gasteiger partial charge in [0, 0.05) is 25.8 Å². The van der Waals surface area contributed by atoms with Crippen LogP contribution < -0.4 is 20.9 Å². The second kappa shape index (κ2) is 13.0. The van der Waals surface area contributed by atoms with E-state index < -0.39 is 84.0 Å². The zero-order valence-electron chi connectivity index (χ0n) is 20.5. The van der Waals surface area contributed by atoms with Crippen molar-refractivity contribution in [3.05, 3.63) is 77.1 Å². The second-order valence-corrected chi connectivity index (χ2v) is 8.53. The highest BCUT2D eigenvalue weighted by Crippen LogP contribution is 2.29. The SMILES string of the molecule is CNC(=O)[C@H](Cc1ccc2ccccc2c1)NC(=O)C(CCOc1c(F)c(F)c(F)c(F)c1F)CC(=O)NO. The van der Waals surface area contributed by atoms with Crippen LogP contribution in [0.15, 0.2) is 42.5 Å². The van der Waals surface area contributed by atoms with Gasteiger partial charge in [0.25, 0.3) is 0 Å². The summed E-state index contributed by atoms with van der Waals surface area (Å²) in [5.41, 5.74) is 2.05. The third-order valence-electron chi connectivity index (χ3n) is 5.94. The van der Waals surface area contributed by atoms with Crippen molar-refractivity contribution in [2.75, 3.05) is 13.7 Å². The molecule has 1 unspecified atom stereocenters. The number of rotatable bonds is 11. The second-order valence-electron chi connectivity index (χ2n) is 8.53. The molecule has 0 aromatic heterocycles. The van der Waals surface area contributed by atoms with Gasteiger partial charge in [-0.25, -0.2) is 18.7 Å². The van der Waals surface area contributed by atoms with E-state index in [1.807, 2.05) is 36.4 Å². The summed E-state index contributed by atoms with van der Waals surface area (Å²) in [6.45, 7) is -0.746. The Hall–Kier alpha value is -4.26. The Morgan fingerprint density at radius 3 is 2.10 bits per heavy atom. The maximum Gasteiger partial charge on any atom is 0.244 e. The molecular weight excluding hydrogens is 529 g/mol. The Labute approximate surface area is 219 Å². The van der Waals surface area contributed by atoms with Crippen LogP contribution in [0, 0.1) is 35.0 Å². The van der Waals surface area contributed by atoms with Gasteiger partial charge in [-0.05, 0) is 22.8 Å². The van der Waals surface area contributed by atoms with E-state index in [2.05, 4.69) is 10.6 Å². The molecule has 0 saturated heterocycles. The predicted molar refractivity (Wildman–Crippen MR) is 128 cm³/mol. The first kappa shape index (κ1) is 29.3. The first-order valence-corrected chi connectivity index (χ1v) is 11.6. The number of fused-ring (bicyclic) bond motifs is 1. The van der Waals surface area contributed by atoms with Crippen LogP contribution in [0.5, 0.6) is 5.75 Å². The summed E-state index contributed by atoms with van der Waals surface area (Å²) in [5, 5.41) is 15.7. The van der Waals surface area contributed by atoms with Crippen molar-refractivity contribution in [1.82, 2.24) is 16.1 Å². The minimum atomic E-state index is -2.36. The largest absolute Gasteiger partial charge is 0.487 e. The van der Waals surface area contributed by atoms with Crippen molar-refractivity contribution in [3.63, 3.8) is 0 Å². The Balaban J connectivity index is 1.76. The van der Waals surface area contributed by atoms with Crippen molar-refractivity contribution < 1.29 is 46.3 Å². The minimum absolute atomic E-state index is 0.0657. The van der Waals surface area contributed by atoms with E-state index in [4.69, 9.17) is 9.94 Å². The summed E-state index contributed by atoms with van der Waals surface area (Å²) in [4.78, 5) is 37.3. The summed E-state index contributed by atoms with van der Waals surface area (Å²) in [6, 6.07) is 11.9. The molecule has 3 aromatic carbocycles. The van der Waals surface area contributed by atoms with E-state index in [1.54, 1.807) is 6.07 Å². The quantitative estimate of drug-likeness (QED) is 0.0957. The van der Waals surface area contributed by atoms with Gasteiger partial charge < -0.3 is 15.4 Å². The average molecular weight is 553 g/mol. The van der Waals surface area contributed by atoms with Crippen molar-refractivity contribution in [2.45, 2.75) is 25.3 Å². The van der Waals surface area contributed by atoms with E-state index in [0.29, 0.717) is 5.56 Å². The Morgan fingerprint density at radius 1 is 0.872 bits per heavy atom. The molecule has 39 heavy (non-hydrogen) atoms. The number of amides is 3. The highest BCUT2D eigenvalue weighted by molar-refractivity contribution is 5.91. The molecule has 0 heterocycles. The van der Waals surface area contributed by atoms with Crippen molar-refractivity contribution in [3.8, 4) is 5.75 Å². The normalized spacial score (nSPS) is 12.5. The lowest BCUT2D eigenvalue weighted by molar-refractivity contribution is -0.136. The molecular formula is C26H24F5N3O5. The van der Waals surface area contributed by atoms with E-state index >= 15 is 0 Å². The Kier molecular flexibility index (Phi) is 9.77. The molecule has 0 aliphatic rings. The van der Waals surface area contributed by atoms with Crippen molar-refractivity contribution >= 4 is 28.5 Å². The molecule has 0 aliphatic heterocycles. The van der Waals surface area contributed by atoms with Crippen molar-refractivity contribution in [2.24, 2.45) is 5.92 Å². The van der Waals surface area contributed by atoms with Gasteiger partial charge in [-0.3, -0.25) is 19.6 Å². The fraction of sp³-hybridized carbons (Fsp3) is 0.269. The Morgan fingerprint density at radius 2 is 1.49 bits per heavy atom. The summed E-state index contributed by atoms with van der Waals surface area (Å²) in [6.07, 6.45) is -1.02. The number of benzene rings is 3. The molecule has 0 spiro atoms.